The van der Waals surface area contributed by atoms with E-state index in [1.807, 2.05) is 6.08 Å². The lowest BCUT2D eigenvalue weighted by Crippen LogP contribution is -2.40. The molecule has 0 heterocycles. The lowest BCUT2D eigenvalue weighted by atomic mass is 10.2. The third-order valence-corrected chi connectivity index (χ3v) is 4.75. The Labute approximate surface area is 96.5 Å². The predicted octanol–water partition coefficient (Wildman–Crippen LogP) is 3.41. The zero-order valence-corrected chi connectivity index (χ0v) is 12.4. The second-order valence-electron chi connectivity index (χ2n) is 5.92. The summed E-state index contributed by atoms with van der Waals surface area (Å²) in [5.41, 5.74) is 0.0437. The van der Waals surface area contributed by atoms with E-state index in [1.165, 1.54) is 0 Å². The average molecular weight is 230 g/mol. The molecule has 3 heteroatoms. The highest BCUT2D eigenvalue weighted by Gasteiger charge is 2.29. The highest BCUT2D eigenvalue weighted by Crippen LogP contribution is 2.23. The van der Waals surface area contributed by atoms with Crippen molar-refractivity contribution >= 4 is 9.28 Å². The van der Waals surface area contributed by atoms with Gasteiger partial charge in [0.15, 0.2) is 0 Å². The highest BCUT2D eigenvalue weighted by molar-refractivity contribution is 6.47. The van der Waals surface area contributed by atoms with Crippen LogP contribution in [0.3, 0.4) is 0 Å². The number of rotatable bonds is 4. The van der Waals surface area contributed by atoms with Crippen LogP contribution >= 0.6 is 0 Å². The van der Waals surface area contributed by atoms with Crippen LogP contribution in [0.4, 0.5) is 0 Å². The summed E-state index contributed by atoms with van der Waals surface area (Å²) in [6.07, 6.45) is 1.92. The summed E-state index contributed by atoms with van der Waals surface area (Å²) in [5.74, 6) is 0. The minimum absolute atomic E-state index is 0.139. The molecule has 15 heavy (non-hydrogen) atoms. The van der Waals surface area contributed by atoms with E-state index in [4.69, 9.17) is 8.85 Å². The Hall–Kier alpha value is -0.123. The van der Waals surface area contributed by atoms with Gasteiger partial charge in [-0.3, -0.25) is 0 Å². The fraction of sp³-hybridized carbons (Fsp3) is 0.833. The Morgan fingerprint density at radius 2 is 1.33 bits per heavy atom. The summed E-state index contributed by atoms with van der Waals surface area (Å²) in [4.78, 5) is 0. The summed E-state index contributed by atoms with van der Waals surface area (Å²) in [6.45, 7) is 18.3. The van der Waals surface area contributed by atoms with Gasteiger partial charge in [-0.05, 0) is 41.5 Å². The van der Waals surface area contributed by atoms with Gasteiger partial charge in [-0.2, -0.15) is 0 Å². The van der Waals surface area contributed by atoms with Crippen LogP contribution in [0.2, 0.25) is 5.54 Å². The Kier molecular flexibility index (Phi) is 5.24. The number of hydrogen-bond donors (Lipinski definition) is 0. The van der Waals surface area contributed by atoms with Crippen molar-refractivity contribution in [1.29, 1.82) is 0 Å². The third kappa shape index (κ3) is 7.77. The molecule has 0 aromatic heterocycles. The standard InChI is InChI=1S/C12H26O2Si/c1-9-10(2)15(13-11(3,4)5)14-12(6,7)8/h9-10,15H,1H2,2-8H3. The zero-order chi connectivity index (χ0) is 12.3. The van der Waals surface area contributed by atoms with Crippen LogP contribution < -0.4 is 0 Å². The summed E-state index contributed by atoms with van der Waals surface area (Å²) in [6, 6.07) is 0. The Balaban J connectivity index is 4.53. The van der Waals surface area contributed by atoms with Crippen molar-refractivity contribution in [1.82, 2.24) is 0 Å². The molecule has 0 fully saturated rings. The maximum Gasteiger partial charge on any atom is 0.329 e. The maximum atomic E-state index is 6.01. The summed E-state index contributed by atoms with van der Waals surface area (Å²) < 4.78 is 12.0. The van der Waals surface area contributed by atoms with Gasteiger partial charge in [-0.15, -0.1) is 6.58 Å². The summed E-state index contributed by atoms with van der Waals surface area (Å²) in [5, 5.41) is 0. The minimum Gasteiger partial charge on any atom is -0.391 e. The molecule has 0 aromatic rings. The van der Waals surface area contributed by atoms with Crippen LogP contribution in [0.25, 0.3) is 0 Å². The Morgan fingerprint density at radius 1 is 1.00 bits per heavy atom. The Morgan fingerprint density at radius 3 is 1.53 bits per heavy atom. The van der Waals surface area contributed by atoms with Gasteiger partial charge in [-0.1, -0.05) is 13.0 Å². The molecule has 90 valence electrons. The van der Waals surface area contributed by atoms with Gasteiger partial charge in [-0.25, -0.2) is 0 Å². The van der Waals surface area contributed by atoms with Crippen molar-refractivity contribution < 1.29 is 8.85 Å². The molecule has 0 spiro atoms. The summed E-state index contributed by atoms with van der Waals surface area (Å²) in [7, 11) is -1.70. The van der Waals surface area contributed by atoms with Crippen LogP contribution in [0.15, 0.2) is 12.7 Å². The molecule has 0 bridgehead atoms. The minimum atomic E-state index is -1.70. The van der Waals surface area contributed by atoms with Gasteiger partial charge in [0.25, 0.3) is 0 Å². The first kappa shape index (κ1) is 14.9. The first-order valence-corrected chi connectivity index (χ1v) is 7.14. The van der Waals surface area contributed by atoms with Gasteiger partial charge < -0.3 is 8.85 Å². The third-order valence-electron chi connectivity index (χ3n) is 1.74. The van der Waals surface area contributed by atoms with Gasteiger partial charge in [0.1, 0.15) is 0 Å². The van der Waals surface area contributed by atoms with Crippen LogP contribution in [0.5, 0.6) is 0 Å². The molecule has 0 N–H and O–H groups in total. The quantitative estimate of drug-likeness (QED) is 0.544. The van der Waals surface area contributed by atoms with Crippen molar-refractivity contribution in [3.8, 4) is 0 Å². The lowest BCUT2D eigenvalue weighted by Gasteiger charge is -2.33. The molecule has 0 aliphatic heterocycles. The van der Waals surface area contributed by atoms with E-state index >= 15 is 0 Å². The second kappa shape index (κ2) is 5.28. The van der Waals surface area contributed by atoms with E-state index in [0.717, 1.165) is 0 Å². The van der Waals surface area contributed by atoms with E-state index in [1.54, 1.807) is 0 Å². The largest absolute Gasteiger partial charge is 0.391 e. The molecule has 0 aliphatic rings. The van der Waals surface area contributed by atoms with E-state index in [-0.39, 0.29) is 11.2 Å². The van der Waals surface area contributed by atoms with E-state index < -0.39 is 9.28 Å². The van der Waals surface area contributed by atoms with Crippen LogP contribution in [0, 0.1) is 0 Å². The molecule has 0 rings (SSSR count). The molecule has 2 nitrogen and oxygen atoms in total. The first-order chi connectivity index (χ1) is 6.55. The van der Waals surface area contributed by atoms with Crippen molar-refractivity contribution in [3.05, 3.63) is 12.7 Å². The first-order valence-electron chi connectivity index (χ1n) is 5.53. The molecule has 0 radical (unpaired) electrons. The highest BCUT2D eigenvalue weighted by atomic mass is 28.3. The number of hydrogen-bond acceptors (Lipinski definition) is 2. The average Bonchev–Trinajstić information content (AvgIpc) is 1.96. The molecule has 0 saturated carbocycles. The number of allylic oxidation sites excluding steroid dienone is 1. The summed E-state index contributed by atoms with van der Waals surface area (Å²) >= 11 is 0. The lowest BCUT2D eigenvalue weighted by molar-refractivity contribution is 0.0316. The SMILES string of the molecule is C=CC(C)[SiH](OC(C)(C)C)OC(C)(C)C. The molecule has 0 aromatic carbocycles. The van der Waals surface area contributed by atoms with E-state index in [9.17, 15) is 0 Å². The molecule has 1 unspecified atom stereocenters. The molecule has 0 amide bonds. The molecule has 1 atom stereocenters. The fourth-order valence-electron chi connectivity index (χ4n) is 1.05. The molecular weight excluding hydrogens is 204 g/mol. The van der Waals surface area contributed by atoms with Crippen LogP contribution in [-0.4, -0.2) is 20.5 Å². The van der Waals surface area contributed by atoms with Crippen LogP contribution in [0.1, 0.15) is 48.5 Å². The molecular formula is C12H26O2Si. The monoisotopic (exact) mass is 230 g/mol. The molecule has 0 aliphatic carbocycles. The van der Waals surface area contributed by atoms with Crippen molar-refractivity contribution in [2.75, 3.05) is 0 Å². The maximum absolute atomic E-state index is 6.01. The Bertz CT molecular complexity index is 185. The fourth-order valence-corrected chi connectivity index (χ4v) is 3.14. The zero-order valence-electron chi connectivity index (χ0n) is 11.3. The predicted molar refractivity (Wildman–Crippen MR) is 68.4 cm³/mol. The van der Waals surface area contributed by atoms with Crippen molar-refractivity contribution in [2.24, 2.45) is 0 Å². The van der Waals surface area contributed by atoms with Gasteiger partial charge in [0, 0.05) is 16.7 Å². The normalized spacial score (nSPS) is 15.5. The smallest absolute Gasteiger partial charge is 0.329 e. The van der Waals surface area contributed by atoms with Crippen molar-refractivity contribution in [3.63, 3.8) is 0 Å². The molecule has 0 saturated heterocycles. The van der Waals surface area contributed by atoms with Gasteiger partial charge >= 0.3 is 9.28 Å². The van der Waals surface area contributed by atoms with Gasteiger partial charge in [0.2, 0.25) is 0 Å². The topological polar surface area (TPSA) is 18.5 Å². The van der Waals surface area contributed by atoms with E-state index in [2.05, 4.69) is 55.0 Å². The second-order valence-corrected chi connectivity index (χ2v) is 8.18. The van der Waals surface area contributed by atoms with Crippen molar-refractivity contribution in [2.45, 2.75) is 65.2 Å². The van der Waals surface area contributed by atoms with Gasteiger partial charge in [0.05, 0.1) is 0 Å². The van der Waals surface area contributed by atoms with Crippen LogP contribution in [-0.2, 0) is 8.85 Å². The van der Waals surface area contributed by atoms with E-state index in [0.29, 0.717) is 5.54 Å².